The molecule has 3 rings (SSSR count). The van der Waals surface area contributed by atoms with Gasteiger partial charge in [0.25, 0.3) is 0 Å². The van der Waals surface area contributed by atoms with E-state index in [2.05, 4.69) is 0 Å². The zero-order chi connectivity index (χ0) is 16.9. The molecule has 0 saturated carbocycles. The Kier molecular flexibility index (Phi) is 5.20. The minimum absolute atomic E-state index is 0.0172. The monoisotopic (exact) mass is 335 g/mol. The van der Waals surface area contributed by atoms with Crippen molar-refractivity contribution in [3.05, 3.63) is 23.8 Å². The summed E-state index contributed by atoms with van der Waals surface area (Å²) in [5.74, 6) is 0.564. The van der Waals surface area contributed by atoms with Gasteiger partial charge in [-0.3, -0.25) is 9.59 Å². The maximum atomic E-state index is 12.4. The Morgan fingerprint density at radius 2 is 1.96 bits per heavy atom. The summed E-state index contributed by atoms with van der Waals surface area (Å²) in [4.78, 5) is 24.8. The molecule has 2 aliphatic heterocycles. The van der Waals surface area contributed by atoms with Crippen LogP contribution in [0.15, 0.2) is 18.2 Å². The molecule has 1 N–H and O–H groups in total. The fourth-order valence-electron chi connectivity index (χ4n) is 2.92. The number of carbonyl (C=O) groups excluding carboxylic acids is 1. The van der Waals surface area contributed by atoms with Gasteiger partial charge in [-0.2, -0.15) is 0 Å². The second kappa shape index (κ2) is 7.53. The molecule has 0 aromatic heterocycles. The lowest BCUT2D eigenvalue weighted by atomic mass is 10.1. The predicted octanol–water partition coefficient (Wildman–Crippen LogP) is 1.09. The van der Waals surface area contributed by atoms with Gasteiger partial charge in [0.15, 0.2) is 11.5 Å². The highest BCUT2D eigenvalue weighted by Crippen LogP contribution is 2.31. The molecule has 7 heteroatoms. The normalized spacial score (nSPS) is 19.8. The zero-order valence-corrected chi connectivity index (χ0v) is 13.4. The van der Waals surface area contributed by atoms with Gasteiger partial charge < -0.3 is 24.2 Å². The van der Waals surface area contributed by atoms with Gasteiger partial charge in [0.05, 0.1) is 19.1 Å². The van der Waals surface area contributed by atoms with E-state index < -0.39 is 12.1 Å². The van der Waals surface area contributed by atoms with Crippen LogP contribution in [0.5, 0.6) is 11.5 Å². The smallest absolute Gasteiger partial charge is 0.306 e. The van der Waals surface area contributed by atoms with Crippen LogP contribution in [0.4, 0.5) is 0 Å². The molecule has 0 radical (unpaired) electrons. The summed E-state index contributed by atoms with van der Waals surface area (Å²) in [6.45, 7) is 2.32. The van der Waals surface area contributed by atoms with Crippen LogP contribution < -0.4 is 9.47 Å². The number of carboxylic acids is 1. The molecule has 130 valence electrons. The molecular formula is C17H21NO6. The molecular weight excluding hydrogens is 314 g/mol. The van der Waals surface area contributed by atoms with Crippen LogP contribution in [0.1, 0.15) is 18.4 Å². The fourth-order valence-corrected chi connectivity index (χ4v) is 2.92. The lowest BCUT2D eigenvalue weighted by Crippen LogP contribution is -2.46. The third-order valence-electron chi connectivity index (χ3n) is 4.13. The Bertz CT molecular complexity index is 617. The van der Waals surface area contributed by atoms with Crippen molar-refractivity contribution in [1.82, 2.24) is 4.90 Å². The van der Waals surface area contributed by atoms with E-state index >= 15 is 0 Å². The lowest BCUT2D eigenvalue weighted by molar-refractivity contribution is -0.147. The third kappa shape index (κ3) is 4.17. The summed E-state index contributed by atoms with van der Waals surface area (Å²) < 4.78 is 16.4. The van der Waals surface area contributed by atoms with Gasteiger partial charge in [-0.15, -0.1) is 0 Å². The number of amides is 1. The van der Waals surface area contributed by atoms with Crippen molar-refractivity contribution in [2.75, 3.05) is 32.9 Å². The molecule has 2 heterocycles. The molecule has 24 heavy (non-hydrogen) atoms. The van der Waals surface area contributed by atoms with E-state index in [-0.39, 0.29) is 12.3 Å². The molecule has 0 bridgehead atoms. The highest BCUT2D eigenvalue weighted by atomic mass is 16.6. The largest absolute Gasteiger partial charge is 0.486 e. The van der Waals surface area contributed by atoms with Crippen molar-refractivity contribution >= 4 is 11.9 Å². The maximum absolute atomic E-state index is 12.4. The SMILES string of the molecule is O=C(O)CC1CN(C(=O)CCc2ccc3c(c2)OCCO3)CCO1. The molecule has 0 spiro atoms. The number of ether oxygens (including phenoxy) is 3. The van der Waals surface area contributed by atoms with E-state index in [0.717, 1.165) is 17.1 Å². The Balaban J connectivity index is 1.52. The molecule has 0 aliphatic carbocycles. The van der Waals surface area contributed by atoms with E-state index in [1.54, 1.807) is 4.90 Å². The van der Waals surface area contributed by atoms with Crippen molar-refractivity contribution in [3.63, 3.8) is 0 Å². The van der Waals surface area contributed by atoms with Crippen molar-refractivity contribution < 1.29 is 28.9 Å². The number of nitrogens with zero attached hydrogens (tertiary/aromatic N) is 1. The van der Waals surface area contributed by atoms with E-state index in [1.807, 2.05) is 18.2 Å². The van der Waals surface area contributed by atoms with Gasteiger partial charge in [0.2, 0.25) is 5.91 Å². The zero-order valence-electron chi connectivity index (χ0n) is 13.4. The summed E-state index contributed by atoms with van der Waals surface area (Å²) in [5.41, 5.74) is 1.02. The number of aryl methyl sites for hydroxylation is 1. The van der Waals surface area contributed by atoms with Crippen molar-refractivity contribution in [3.8, 4) is 11.5 Å². The van der Waals surface area contributed by atoms with Gasteiger partial charge in [-0.1, -0.05) is 6.07 Å². The minimum atomic E-state index is -0.912. The van der Waals surface area contributed by atoms with Crippen LogP contribution in [-0.2, 0) is 20.7 Å². The van der Waals surface area contributed by atoms with Gasteiger partial charge >= 0.3 is 5.97 Å². The molecule has 1 aromatic carbocycles. The van der Waals surface area contributed by atoms with Crippen molar-refractivity contribution in [1.29, 1.82) is 0 Å². The highest BCUT2D eigenvalue weighted by molar-refractivity contribution is 5.76. The first kappa shape index (κ1) is 16.6. The van der Waals surface area contributed by atoms with E-state index in [9.17, 15) is 9.59 Å². The summed E-state index contributed by atoms with van der Waals surface area (Å²) in [5, 5.41) is 8.83. The van der Waals surface area contributed by atoms with Gasteiger partial charge in [0, 0.05) is 19.5 Å². The number of morpholine rings is 1. The number of aliphatic carboxylic acids is 1. The van der Waals surface area contributed by atoms with E-state index in [1.165, 1.54) is 0 Å². The maximum Gasteiger partial charge on any atom is 0.306 e. The molecule has 7 nitrogen and oxygen atoms in total. The molecule has 1 amide bonds. The number of hydrogen-bond acceptors (Lipinski definition) is 5. The minimum Gasteiger partial charge on any atom is -0.486 e. The van der Waals surface area contributed by atoms with Crippen LogP contribution in [0, 0.1) is 0 Å². The second-order valence-corrected chi connectivity index (χ2v) is 5.91. The molecule has 1 unspecified atom stereocenters. The number of fused-ring (bicyclic) bond motifs is 1. The predicted molar refractivity (Wildman–Crippen MR) is 84.3 cm³/mol. The standard InChI is InChI=1S/C17H21NO6/c19-16(18-5-6-22-13(11-18)10-17(20)21)4-2-12-1-3-14-15(9-12)24-8-7-23-14/h1,3,9,13H,2,4-8,10-11H2,(H,20,21). The Morgan fingerprint density at radius 3 is 2.75 bits per heavy atom. The Labute approximate surface area is 140 Å². The summed E-state index contributed by atoms with van der Waals surface area (Å²) >= 11 is 0. The first-order chi connectivity index (χ1) is 11.6. The van der Waals surface area contributed by atoms with Crippen LogP contribution in [0.3, 0.4) is 0 Å². The summed E-state index contributed by atoms with van der Waals surface area (Å²) in [7, 11) is 0. The van der Waals surface area contributed by atoms with Gasteiger partial charge in [0.1, 0.15) is 13.2 Å². The Morgan fingerprint density at radius 1 is 1.17 bits per heavy atom. The topological polar surface area (TPSA) is 85.3 Å². The molecule has 1 saturated heterocycles. The third-order valence-corrected chi connectivity index (χ3v) is 4.13. The Hall–Kier alpha value is -2.28. The number of carboxylic acid groups (broad SMARTS) is 1. The van der Waals surface area contributed by atoms with Gasteiger partial charge in [-0.25, -0.2) is 0 Å². The first-order valence-corrected chi connectivity index (χ1v) is 8.11. The number of carbonyl (C=O) groups is 2. The fraction of sp³-hybridized carbons (Fsp3) is 0.529. The van der Waals surface area contributed by atoms with E-state index in [4.69, 9.17) is 19.3 Å². The van der Waals surface area contributed by atoms with Crippen LogP contribution in [-0.4, -0.2) is 60.9 Å². The quantitative estimate of drug-likeness (QED) is 0.867. The van der Waals surface area contributed by atoms with Crippen LogP contribution in [0.25, 0.3) is 0 Å². The van der Waals surface area contributed by atoms with Crippen molar-refractivity contribution in [2.24, 2.45) is 0 Å². The first-order valence-electron chi connectivity index (χ1n) is 8.11. The molecule has 1 atom stereocenters. The number of benzene rings is 1. The average molecular weight is 335 g/mol. The molecule has 1 aromatic rings. The average Bonchev–Trinajstić information content (AvgIpc) is 2.59. The second-order valence-electron chi connectivity index (χ2n) is 5.91. The van der Waals surface area contributed by atoms with Crippen LogP contribution in [0.2, 0.25) is 0 Å². The van der Waals surface area contributed by atoms with E-state index in [0.29, 0.717) is 45.8 Å². The van der Waals surface area contributed by atoms with Crippen LogP contribution >= 0.6 is 0 Å². The molecule has 1 fully saturated rings. The number of hydrogen-bond donors (Lipinski definition) is 1. The summed E-state index contributed by atoms with van der Waals surface area (Å²) in [6, 6.07) is 5.72. The van der Waals surface area contributed by atoms with Crippen molar-refractivity contribution in [2.45, 2.75) is 25.4 Å². The lowest BCUT2D eigenvalue weighted by Gasteiger charge is -2.32. The number of rotatable bonds is 5. The summed E-state index contributed by atoms with van der Waals surface area (Å²) in [6.07, 6.45) is 0.483. The molecule has 2 aliphatic rings. The van der Waals surface area contributed by atoms with Gasteiger partial charge in [-0.05, 0) is 24.1 Å². The highest BCUT2D eigenvalue weighted by Gasteiger charge is 2.25.